The number of amides is 1. The fourth-order valence-corrected chi connectivity index (χ4v) is 1.60. The summed E-state index contributed by atoms with van der Waals surface area (Å²) >= 11 is 11.4. The number of alkyl halides is 1. The molecule has 0 aliphatic heterocycles. The zero-order valence-corrected chi connectivity index (χ0v) is 10.9. The number of hydrogen-bond donors (Lipinski definition) is 1. The summed E-state index contributed by atoms with van der Waals surface area (Å²) in [6.07, 6.45) is 0.757. The van der Waals surface area contributed by atoms with E-state index in [2.05, 4.69) is 5.32 Å². The third kappa shape index (κ3) is 5.39. The van der Waals surface area contributed by atoms with Gasteiger partial charge in [0.05, 0.1) is 17.2 Å². The van der Waals surface area contributed by atoms with Crippen molar-refractivity contribution in [2.45, 2.75) is 6.42 Å². The summed E-state index contributed by atoms with van der Waals surface area (Å²) in [6.45, 7) is 1.70. The Labute approximate surface area is 111 Å². The Kier molecular flexibility index (Phi) is 7.01. The maximum absolute atomic E-state index is 11.7. The first-order chi connectivity index (χ1) is 8.25. The monoisotopic (exact) mass is 275 g/mol. The lowest BCUT2D eigenvalue weighted by Gasteiger charge is -2.06. The van der Waals surface area contributed by atoms with E-state index in [9.17, 15) is 4.79 Å². The molecule has 0 bridgehead atoms. The van der Waals surface area contributed by atoms with E-state index in [-0.39, 0.29) is 5.91 Å². The molecular weight excluding hydrogens is 261 g/mol. The van der Waals surface area contributed by atoms with E-state index >= 15 is 0 Å². The van der Waals surface area contributed by atoms with Crippen molar-refractivity contribution in [2.24, 2.45) is 0 Å². The molecule has 0 aromatic heterocycles. The largest absolute Gasteiger partial charge is 0.380 e. The van der Waals surface area contributed by atoms with Crippen LogP contribution in [0.15, 0.2) is 24.3 Å². The number of rotatable bonds is 7. The zero-order chi connectivity index (χ0) is 12.5. The van der Waals surface area contributed by atoms with Gasteiger partial charge in [-0.3, -0.25) is 4.79 Å². The summed E-state index contributed by atoms with van der Waals surface area (Å²) < 4.78 is 5.18. The maximum Gasteiger partial charge on any atom is 0.252 e. The minimum absolute atomic E-state index is 0.159. The first kappa shape index (κ1) is 14.3. The molecule has 5 heteroatoms. The molecule has 0 aliphatic rings. The van der Waals surface area contributed by atoms with Crippen molar-refractivity contribution < 1.29 is 9.53 Å². The molecule has 1 N–H and O–H groups in total. The number of nitrogens with one attached hydrogen (secondary N) is 1. The van der Waals surface area contributed by atoms with Gasteiger partial charge in [0.25, 0.3) is 5.91 Å². The van der Waals surface area contributed by atoms with Crippen LogP contribution in [0.4, 0.5) is 0 Å². The van der Waals surface area contributed by atoms with Gasteiger partial charge < -0.3 is 10.1 Å². The summed E-state index contributed by atoms with van der Waals surface area (Å²) in [5, 5.41) is 3.24. The molecule has 0 fully saturated rings. The van der Waals surface area contributed by atoms with Gasteiger partial charge in [-0.15, -0.1) is 11.6 Å². The van der Waals surface area contributed by atoms with Gasteiger partial charge in [0.1, 0.15) is 0 Å². The first-order valence-electron chi connectivity index (χ1n) is 5.42. The fraction of sp³-hybridized carbons (Fsp3) is 0.417. The van der Waals surface area contributed by atoms with Gasteiger partial charge in [0.2, 0.25) is 0 Å². The number of carbonyl (C=O) groups is 1. The molecule has 0 heterocycles. The maximum atomic E-state index is 11.7. The SMILES string of the molecule is O=C(NCCCOCCCl)c1ccccc1Cl. The van der Waals surface area contributed by atoms with Crippen LogP contribution < -0.4 is 5.32 Å². The molecule has 0 atom stereocenters. The highest BCUT2D eigenvalue weighted by molar-refractivity contribution is 6.33. The van der Waals surface area contributed by atoms with E-state index in [1.807, 2.05) is 0 Å². The molecule has 1 rings (SSSR count). The van der Waals surface area contributed by atoms with E-state index in [0.29, 0.717) is 36.2 Å². The molecule has 3 nitrogen and oxygen atoms in total. The second-order valence-electron chi connectivity index (χ2n) is 3.39. The first-order valence-corrected chi connectivity index (χ1v) is 6.33. The third-order valence-corrected chi connectivity index (χ3v) is 2.57. The molecule has 17 heavy (non-hydrogen) atoms. The van der Waals surface area contributed by atoms with Crippen LogP contribution >= 0.6 is 23.2 Å². The summed E-state index contributed by atoms with van der Waals surface area (Å²) in [6, 6.07) is 6.96. The normalized spacial score (nSPS) is 10.2. The van der Waals surface area contributed by atoms with Crippen molar-refractivity contribution in [1.82, 2.24) is 5.32 Å². The lowest BCUT2D eigenvalue weighted by molar-refractivity contribution is 0.0944. The Hall–Kier alpha value is -0.770. The van der Waals surface area contributed by atoms with E-state index in [1.165, 1.54) is 0 Å². The third-order valence-electron chi connectivity index (χ3n) is 2.09. The standard InChI is InChI=1S/C12H15Cl2NO2/c13-6-9-17-8-3-7-15-12(16)10-4-1-2-5-11(10)14/h1-2,4-5H,3,6-9H2,(H,15,16). The van der Waals surface area contributed by atoms with E-state index in [0.717, 1.165) is 6.42 Å². The number of ether oxygens (including phenoxy) is 1. The zero-order valence-electron chi connectivity index (χ0n) is 9.42. The van der Waals surface area contributed by atoms with E-state index in [1.54, 1.807) is 24.3 Å². The van der Waals surface area contributed by atoms with Crippen LogP contribution in [0.1, 0.15) is 16.8 Å². The van der Waals surface area contributed by atoms with Gasteiger partial charge in [-0.25, -0.2) is 0 Å². The molecule has 0 saturated heterocycles. The van der Waals surface area contributed by atoms with Crippen LogP contribution in [0.2, 0.25) is 5.02 Å². The van der Waals surface area contributed by atoms with E-state index in [4.69, 9.17) is 27.9 Å². The van der Waals surface area contributed by atoms with Gasteiger partial charge in [-0.1, -0.05) is 23.7 Å². The summed E-state index contributed by atoms with van der Waals surface area (Å²) in [7, 11) is 0. The van der Waals surface area contributed by atoms with Crippen LogP contribution in [-0.2, 0) is 4.74 Å². The molecule has 0 saturated carbocycles. The fourth-order valence-electron chi connectivity index (χ4n) is 1.27. The average Bonchev–Trinajstić information content (AvgIpc) is 2.34. The summed E-state index contributed by atoms with van der Waals surface area (Å²) in [5.41, 5.74) is 0.496. The Morgan fingerprint density at radius 3 is 2.76 bits per heavy atom. The number of benzene rings is 1. The van der Waals surface area contributed by atoms with Gasteiger partial charge in [0.15, 0.2) is 0 Å². The molecular formula is C12H15Cl2NO2. The number of hydrogen-bond acceptors (Lipinski definition) is 2. The second kappa shape index (κ2) is 8.34. The Balaban J connectivity index is 2.24. The molecule has 0 unspecified atom stereocenters. The van der Waals surface area contributed by atoms with Crippen LogP contribution in [0, 0.1) is 0 Å². The van der Waals surface area contributed by atoms with Crippen molar-refractivity contribution >= 4 is 29.1 Å². The lowest BCUT2D eigenvalue weighted by atomic mass is 10.2. The van der Waals surface area contributed by atoms with Gasteiger partial charge >= 0.3 is 0 Å². The Bertz CT molecular complexity index is 358. The molecule has 0 aliphatic carbocycles. The highest BCUT2D eigenvalue weighted by Gasteiger charge is 2.07. The smallest absolute Gasteiger partial charge is 0.252 e. The highest BCUT2D eigenvalue weighted by Crippen LogP contribution is 2.14. The Morgan fingerprint density at radius 2 is 2.06 bits per heavy atom. The summed E-state index contributed by atoms with van der Waals surface area (Å²) in [5.74, 6) is 0.333. The minimum Gasteiger partial charge on any atom is -0.380 e. The quantitative estimate of drug-likeness (QED) is 0.614. The van der Waals surface area contributed by atoms with Crippen LogP contribution in [0.5, 0.6) is 0 Å². The number of carbonyl (C=O) groups excluding carboxylic acids is 1. The predicted molar refractivity (Wildman–Crippen MR) is 69.9 cm³/mol. The van der Waals surface area contributed by atoms with Gasteiger partial charge in [-0.2, -0.15) is 0 Å². The topological polar surface area (TPSA) is 38.3 Å². The molecule has 0 spiro atoms. The van der Waals surface area contributed by atoms with Crippen molar-refractivity contribution in [2.75, 3.05) is 25.6 Å². The second-order valence-corrected chi connectivity index (χ2v) is 4.18. The van der Waals surface area contributed by atoms with Crippen LogP contribution in [0.3, 0.4) is 0 Å². The van der Waals surface area contributed by atoms with Gasteiger partial charge in [-0.05, 0) is 18.6 Å². The molecule has 0 radical (unpaired) electrons. The molecule has 1 aromatic rings. The van der Waals surface area contributed by atoms with Crippen molar-refractivity contribution in [3.8, 4) is 0 Å². The number of halogens is 2. The predicted octanol–water partition coefficient (Wildman–Crippen LogP) is 2.72. The summed E-state index contributed by atoms with van der Waals surface area (Å²) in [4.78, 5) is 11.7. The van der Waals surface area contributed by atoms with Crippen molar-refractivity contribution in [1.29, 1.82) is 0 Å². The van der Waals surface area contributed by atoms with Crippen LogP contribution in [-0.4, -0.2) is 31.5 Å². The molecule has 94 valence electrons. The van der Waals surface area contributed by atoms with Crippen molar-refractivity contribution in [3.05, 3.63) is 34.9 Å². The Morgan fingerprint density at radius 1 is 1.29 bits per heavy atom. The van der Waals surface area contributed by atoms with E-state index < -0.39 is 0 Å². The van der Waals surface area contributed by atoms with Crippen LogP contribution in [0.25, 0.3) is 0 Å². The molecule has 1 amide bonds. The minimum atomic E-state index is -0.159. The lowest BCUT2D eigenvalue weighted by Crippen LogP contribution is -2.25. The average molecular weight is 276 g/mol. The van der Waals surface area contributed by atoms with Crippen molar-refractivity contribution in [3.63, 3.8) is 0 Å². The van der Waals surface area contributed by atoms with Gasteiger partial charge in [0, 0.05) is 19.0 Å². The highest BCUT2D eigenvalue weighted by atomic mass is 35.5. The molecule has 1 aromatic carbocycles.